The van der Waals surface area contributed by atoms with E-state index < -0.39 is 0 Å². The van der Waals surface area contributed by atoms with E-state index in [1.54, 1.807) is 6.33 Å². The second-order valence-electron chi connectivity index (χ2n) is 4.21. The molecule has 0 spiro atoms. The lowest BCUT2D eigenvalue weighted by Crippen LogP contribution is -1.97. The number of halogens is 1. The van der Waals surface area contributed by atoms with Gasteiger partial charge in [-0.05, 0) is 47.1 Å². The van der Waals surface area contributed by atoms with Crippen LogP contribution in [-0.2, 0) is 0 Å². The van der Waals surface area contributed by atoms with Gasteiger partial charge in [0.1, 0.15) is 16.6 Å². The Morgan fingerprint density at radius 3 is 2.58 bits per heavy atom. The van der Waals surface area contributed by atoms with Gasteiger partial charge in [-0.2, -0.15) is 0 Å². The molecule has 2 aromatic heterocycles. The molecule has 0 aliphatic rings. The van der Waals surface area contributed by atoms with Crippen molar-refractivity contribution < 1.29 is 0 Å². The Hall–Kier alpha value is -2.01. The zero-order valence-corrected chi connectivity index (χ0v) is 11.9. The van der Waals surface area contributed by atoms with Crippen molar-refractivity contribution in [2.45, 2.75) is 6.92 Å². The molecular formula is C14H11BrN4. The fourth-order valence-corrected chi connectivity index (χ4v) is 2.18. The minimum absolute atomic E-state index is 0.727. The smallest absolute Gasteiger partial charge is 0.187 e. The second-order valence-corrected chi connectivity index (χ2v) is 5.02. The largest absolute Gasteiger partial charge is 0.280 e. The van der Waals surface area contributed by atoms with Gasteiger partial charge in [-0.15, -0.1) is 10.2 Å². The Labute approximate surface area is 119 Å². The van der Waals surface area contributed by atoms with E-state index in [1.165, 1.54) is 5.56 Å². The number of pyridine rings is 1. The van der Waals surface area contributed by atoms with E-state index in [0.29, 0.717) is 0 Å². The predicted molar refractivity (Wildman–Crippen MR) is 77.0 cm³/mol. The maximum atomic E-state index is 4.41. The maximum Gasteiger partial charge on any atom is 0.187 e. The quantitative estimate of drug-likeness (QED) is 0.681. The molecule has 0 saturated carbocycles. The highest BCUT2D eigenvalue weighted by molar-refractivity contribution is 9.10. The van der Waals surface area contributed by atoms with Crippen molar-refractivity contribution in [1.29, 1.82) is 0 Å². The fraction of sp³-hybridized carbons (Fsp3) is 0.0714. The molecule has 94 valence electrons. The lowest BCUT2D eigenvalue weighted by molar-refractivity contribution is 1.05. The van der Waals surface area contributed by atoms with Crippen LogP contribution in [0.25, 0.3) is 17.2 Å². The van der Waals surface area contributed by atoms with E-state index >= 15 is 0 Å². The molecule has 0 aliphatic carbocycles. The monoisotopic (exact) mass is 314 g/mol. The molecule has 1 aromatic carbocycles. The van der Waals surface area contributed by atoms with E-state index in [-0.39, 0.29) is 0 Å². The topological polar surface area (TPSA) is 43.6 Å². The van der Waals surface area contributed by atoms with Crippen LogP contribution < -0.4 is 0 Å². The highest BCUT2D eigenvalue weighted by Gasteiger charge is 2.10. The zero-order chi connectivity index (χ0) is 13.2. The van der Waals surface area contributed by atoms with Crippen LogP contribution in [0.4, 0.5) is 0 Å². The van der Waals surface area contributed by atoms with Crippen molar-refractivity contribution in [2.24, 2.45) is 0 Å². The summed E-state index contributed by atoms with van der Waals surface area (Å²) in [6, 6.07) is 13.9. The first-order valence-corrected chi connectivity index (χ1v) is 6.63. The molecule has 0 N–H and O–H groups in total. The molecule has 5 heteroatoms. The highest BCUT2D eigenvalue weighted by atomic mass is 79.9. The molecule has 0 saturated heterocycles. The van der Waals surface area contributed by atoms with Gasteiger partial charge >= 0.3 is 0 Å². The van der Waals surface area contributed by atoms with E-state index in [4.69, 9.17) is 0 Å². The van der Waals surface area contributed by atoms with Crippen molar-refractivity contribution in [3.8, 4) is 17.2 Å². The molecule has 3 aromatic rings. The predicted octanol–water partition coefficient (Wildman–Crippen LogP) is 3.40. The number of benzene rings is 1. The standard InChI is InChI=1S/C14H11BrN4/c1-10-5-7-11(8-6-10)19-9-16-18-14(19)12-3-2-4-13(15)17-12/h2-9H,1H3. The van der Waals surface area contributed by atoms with Crippen LogP contribution in [0, 0.1) is 6.92 Å². The van der Waals surface area contributed by atoms with Crippen LogP contribution in [0.5, 0.6) is 0 Å². The van der Waals surface area contributed by atoms with Gasteiger partial charge in [0.15, 0.2) is 5.82 Å². The van der Waals surface area contributed by atoms with Crippen LogP contribution in [0.3, 0.4) is 0 Å². The molecule has 0 fully saturated rings. The average molecular weight is 315 g/mol. The van der Waals surface area contributed by atoms with Crippen molar-refractivity contribution in [2.75, 3.05) is 0 Å². The van der Waals surface area contributed by atoms with Gasteiger partial charge in [-0.25, -0.2) is 4.98 Å². The molecule has 4 nitrogen and oxygen atoms in total. The van der Waals surface area contributed by atoms with Crippen molar-refractivity contribution in [3.05, 3.63) is 59.0 Å². The number of rotatable bonds is 2. The number of nitrogens with zero attached hydrogens (tertiary/aromatic N) is 4. The summed E-state index contributed by atoms with van der Waals surface area (Å²) in [6.45, 7) is 2.06. The van der Waals surface area contributed by atoms with E-state index in [0.717, 1.165) is 21.8 Å². The minimum Gasteiger partial charge on any atom is -0.280 e. The molecule has 3 rings (SSSR count). The summed E-state index contributed by atoms with van der Waals surface area (Å²) in [6.07, 6.45) is 1.70. The van der Waals surface area contributed by atoms with Crippen LogP contribution in [0.1, 0.15) is 5.56 Å². The third-order valence-corrected chi connectivity index (χ3v) is 3.25. The van der Waals surface area contributed by atoms with E-state index in [9.17, 15) is 0 Å². The summed E-state index contributed by atoms with van der Waals surface area (Å²) >= 11 is 3.37. The summed E-state index contributed by atoms with van der Waals surface area (Å²) in [4.78, 5) is 4.41. The number of aromatic nitrogens is 4. The zero-order valence-electron chi connectivity index (χ0n) is 10.3. The Morgan fingerprint density at radius 1 is 1.05 bits per heavy atom. The van der Waals surface area contributed by atoms with Crippen LogP contribution in [-0.4, -0.2) is 19.7 Å². The summed E-state index contributed by atoms with van der Waals surface area (Å²) < 4.78 is 2.71. The van der Waals surface area contributed by atoms with Gasteiger partial charge in [0, 0.05) is 5.69 Å². The maximum absolute atomic E-state index is 4.41. The number of hydrogen-bond donors (Lipinski definition) is 0. The third-order valence-electron chi connectivity index (χ3n) is 2.80. The first kappa shape index (κ1) is 12.0. The van der Waals surface area contributed by atoms with Crippen molar-refractivity contribution >= 4 is 15.9 Å². The molecule has 0 aliphatic heterocycles. The number of aryl methyl sites for hydroxylation is 1. The lowest BCUT2D eigenvalue weighted by atomic mass is 10.2. The minimum atomic E-state index is 0.727. The molecule has 0 radical (unpaired) electrons. The lowest BCUT2D eigenvalue weighted by Gasteiger charge is -2.06. The first-order valence-electron chi connectivity index (χ1n) is 5.84. The van der Waals surface area contributed by atoms with E-state index in [1.807, 2.05) is 34.9 Å². The summed E-state index contributed by atoms with van der Waals surface area (Å²) in [5.41, 5.74) is 3.03. The second kappa shape index (κ2) is 4.93. The summed E-state index contributed by atoms with van der Waals surface area (Å²) in [5, 5.41) is 8.14. The average Bonchev–Trinajstić information content (AvgIpc) is 2.89. The molecule has 0 atom stereocenters. The van der Waals surface area contributed by atoms with Crippen LogP contribution in [0.2, 0.25) is 0 Å². The molecule has 19 heavy (non-hydrogen) atoms. The highest BCUT2D eigenvalue weighted by Crippen LogP contribution is 2.20. The normalized spacial score (nSPS) is 10.6. The van der Waals surface area contributed by atoms with Gasteiger partial charge in [0.25, 0.3) is 0 Å². The molecule has 0 bridgehead atoms. The Kier molecular flexibility index (Phi) is 3.13. The van der Waals surface area contributed by atoms with Gasteiger partial charge in [0.2, 0.25) is 0 Å². The first-order chi connectivity index (χ1) is 9.24. The van der Waals surface area contributed by atoms with Gasteiger partial charge in [0.05, 0.1) is 0 Å². The van der Waals surface area contributed by atoms with Gasteiger partial charge in [-0.1, -0.05) is 23.8 Å². The molecule has 2 heterocycles. The third kappa shape index (κ3) is 2.42. The Morgan fingerprint density at radius 2 is 1.84 bits per heavy atom. The van der Waals surface area contributed by atoms with Crippen molar-refractivity contribution in [1.82, 2.24) is 19.7 Å². The molecule has 0 amide bonds. The Bertz CT molecular complexity index is 703. The SMILES string of the molecule is Cc1ccc(-n2cnnc2-c2cccc(Br)n2)cc1. The van der Waals surface area contributed by atoms with Crippen LogP contribution >= 0.6 is 15.9 Å². The summed E-state index contributed by atoms with van der Waals surface area (Å²) in [7, 11) is 0. The molecular weight excluding hydrogens is 304 g/mol. The van der Waals surface area contributed by atoms with E-state index in [2.05, 4.69) is 50.2 Å². The molecule has 0 unspecified atom stereocenters. The van der Waals surface area contributed by atoms with Crippen molar-refractivity contribution in [3.63, 3.8) is 0 Å². The van der Waals surface area contributed by atoms with Gasteiger partial charge < -0.3 is 0 Å². The summed E-state index contributed by atoms with van der Waals surface area (Å²) in [5.74, 6) is 0.727. The Balaban J connectivity index is 2.10. The van der Waals surface area contributed by atoms with Gasteiger partial charge in [-0.3, -0.25) is 4.57 Å². The fourth-order valence-electron chi connectivity index (χ4n) is 1.84. The van der Waals surface area contributed by atoms with Crippen LogP contribution in [0.15, 0.2) is 53.4 Å². The number of hydrogen-bond acceptors (Lipinski definition) is 3.